The Bertz CT molecular complexity index is 670. The molecule has 3 rings (SSSR count). The maximum atomic E-state index is 12.2. The largest absolute Gasteiger partial charge is 0.492 e. The first kappa shape index (κ1) is 16.1. The number of furan rings is 1. The molecule has 126 valence electrons. The van der Waals surface area contributed by atoms with Gasteiger partial charge in [0.05, 0.1) is 25.3 Å². The molecule has 2 amide bonds. The van der Waals surface area contributed by atoms with Gasteiger partial charge < -0.3 is 19.4 Å². The van der Waals surface area contributed by atoms with Gasteiger partial charge in [-0.1, -0.05) is 18.2 Å². The van der Waals surface area contributed by atoms with Gasteiger partial charge >= 0.3 is 0 Å². The fourth-order valence-corrected chi connectivity index (χ4v) is 2.70. The van der Waals surface area contributed by atoms with Gasteiger partial charge in [0.1, 0.15) is 18.1 Å². The Kier molecular flexibility index (Phi) is 5.15. The van der Waals surface area contributed by atoms with Crippen LogP contribution in [-0.4, -0.2) is 36.4 Å². The summed E-state index contributed by atoms with van der Waals surface area (Å²) in [5.41, 5.74) is 0. The molecule has 1 aromatic heterocycles. The molecule has 1 atom stereocenters. The van der Waals surface area contributed by atoms with Crippen LogP contribution in [0.5, 0.6) is 5.75 Å². The number of hydrogen-bond donors (Lipinski definition) is 1. The molecule has 0 aliphatic carbocycles. The van der Waals surface area contributed by atoms with E-state index in [1.54, 1.807) is 17.2 Å². The Morgan fingerprint density at radius 1 is 1.25 bits per heavy atom. The second-order valence-electron chi connectivity index (χ2n) is 5.71. The van der Waals surface area contributed by atoms with E-state index in [9.17, 15) is 9.59 Å². The molecular weight excluding hydrogens is 308 g/mol. The number of benzene rings is 1. The van der Waals surface area contributed by atoms with Crippen molar-refractivity contribution >= 4 is 11.8 Å². The number of carbonyl (C=O) groups excluding carboxylic acids is 2. The van der Waals surface area contributed by atoms with Gasteiger partial charge in [-0.25, -0.2) is 0 Å². The minimum atomic E-state index is -0.316. The molecule has 1 aliphatic heterocycles. The van der Waals surface area contributed by atoms with Crippen LogP contribution in [0.4, 0.5) is 0 Å². The number of nitrogens with zero attached hydrogens (tertiary/aromatic N) is 1. The molecule has 1 aromatic carbocycles. The number of hydrogen-bond acceptors (Lipinski definition) is 4. The number of amides is 2. The smallest absolute Gasteiger partial charge is 0.225 e. The average Bonchev–Trinajstić information content (AvgIpc) is 3.23. The van der Waals surface area contributed by atoms with E-state index in [4.69, 9.17) is 9.15 Å². The summed E-state index contributed by atoms with van der Waals surface area (Å²) < 4.78 is 10.8. The molecule has 0 bridgehead atoms. The Morgan fingerprint density at radius 2 is 2.08 bits per heavy atom. The number of para-hydroxylation sites is 1. The lowest BCUT2D eigenvalue weighted by Gasteiger charge is -2.15. The van der Waals surface area contributed by atoms with E-state index in [0.717, 1.165) is 11.5 Å². The van der Waals surface area contributed by atoms with Crippen molar-refractivity contribution in [1.82, 2.24) is 10.2 Å². The van der Waals surface area contributed by atoms with Crippen LogP contribution in [0.2, 0.25) is 0 Å². The van der Waals surface area contributed by atoms with Gasteiger partial charge in [-0.15, -0.1) is 0 Å². The summed E-state index contributed by atoms with van der Waals surface area (Å²) in [6.45, 7) is 1.64. The topological polar surface area (TPSA) is 71.8 Å². The molecule has 2 heterocycles. The zero-order valence-corrected chi connectivity index (χ0v) is 13.3. The zero-order valence-electron chi connectivity index (χ0n) is 13.3. The first-order valence-electron chi connectivity index (χ1n) is 7.98. The number of carbonyl (C=O) groups is 2. The normalized spacial score (nSPS) is 17.1. The number of ether oxygens (including phenoxy) is 1. The Morgan fingerprint density at radius 3 is 2.83 bits per heavy atom. The van der Waals surface area contributed by atoms with E-state index >= 15 is 0 Å². The number of rotatable bonds is 7. The molecule has 1 N–H and O–H groups in total. The maximum Gasteiger partial charge on any atom is 0.225 e. The molecular formula is C18H20N2O4. The van der Waals surface area contributed by atoms with Crippen molar-refractivity contribution in [2.24, 2.45) is 5.92 Å². The highest BCUT2D eigenvalue weighted by molar-refractivity contribution is 5.89. The van der Waals surface area contributed by atoms with Crippen molar-refractivity contribution in [2.75, 3.05) is 19.7 Å². The third kappa shape index (κ3) is 4.16. The molecule has 1 saturated heterocycles. The van der Waals surface area contributed by atoms with E-state index in [-0.39, 0.29) is 24.2 Å². The van der Waals surface area contributed by atoms with Crippen LogP contribution < -0.4 is 10.1 Å². The lowest BCUT2D eigenvalue weighted by atomic mass is 10.1. The summed E-state index contributed by atoms with van der Waals surface area (Å²) in [6.07, 6.45) is 1.82. The molecule has 0 saturated carbocycles. The summed E-state index contributed by atoms with van der Waals surface area (Å²) in [5, 5.41) is 2.83. The molecule has 2 aromatic rings. The van der Waals surface area contributed by atoms with Crippen molar-refractivity contribution < 1.29 is 18.7 Å². The van der Waals surface area contributed by atoms with E-state index in [2.05, 4.69) is 5.32 Å². The minimum Gasteiger partial charge on any atom is -0.492 e. The minimum absolute atomic E-state index is 0.0212. The van der Waals surface area contributed by atoms with E-state index in [1.807, 2.05) is 36.4 Å². The van der Waals surface area contributed by atoms with Gasteiger partial charge in [-0.05, 0) is 24.3 Å². The molecule has 24 heavy (non-hydrogen) atoms. The van der Waals surface area contributed by atoms with E-state index < -0.39 is 0 Å². The summed E-state index contributed by atoms with van der Waals surface area (Å²) in [6, 6.07) is 13.0. The first-order chi connectivity index (χ1) is 11.7. The highest BCUT2D eigenvalue weighted by Crippen LogP contribution is 2.20. The van der Waals surface area contributed by atoms with Crippen molar-refractivity contribution in [2.45, 2.75) is 13.0 Å². The van der Waals surface area contributed by atoms with Gasteiger partial charge in [0.25, 0.3) is 0 Å². The fourth-order valence-electron chi connectivity index (χ4n) is 2.70. The van der Waals surface area contributed by atoms with Crippen molar-refractivity contribution in [3.05, 3.63) is 54.5 Å². The summed E-state index contributed by atoms with van der Waals surface area (Å²) in [7, 11) is 0. The summed E-state index contributed by atoms with van der Waals surface area (Å²) in [4.78, 5) is 25.8. The van der Waals surface area contributed by atoms with Gasteiger partial charge in [-0.3, -0.25) is 9.59 Å². The third-order valence-electron chi connectivity index (χ3n) is 3.93. The lowest BCUT2D eigenvalue weighted by Crippen LogP contribution is -2.35. The van der Waals surface area contributed by atoms with E-state index in [1.165, 1.54) is 0 Å². The molecule has 0 radical (unpaired) electrons. The fraction of sp³-hybridized carbons (Fsp3) is 0.333. The van der Waals surface area contributed by atoms with Crippen LogP contribution in [0.3, 0.4) is 0 Å². The van der Waals surface area contributed by atoms with Crippen molar-refractivity contribution in [3.63, 3.8) is 0 Å². The predicted octanol–water partition coefficient (Wildman–Crippen LogP) is 1.82. The Labute approximate surface area is 140 Å². The SMILES string of the molecule is O=C(NCCOc1ccccc1)C1CC(=O)N(Cc2ccco2)C1. The van der Waals surface area contributed by atoms with Gasteiger partial charge in [0.15, 0.2) is 0 Å². The lowest BCUT2D eigenvalue weighted by molar-refractivity contribution is -0.129. The molecule has 6 heteroatoms. The summed E-state index contributed by atoms with van der Waals surface area (Å²) in [5.74, 6) is 1.05. The third-order valence-corrected chi connectivity index (χ3v) is 3.93. The second kappa shape index (κ2) is 7.68. The van der Waals surface area contributed by atoms with Gasteiger partial charge in [0, 0.05) is 13.0 Å². The predicted molar refractivity (Wildman–Crippen MR) is 87.2 cm³/mol. The highest BCUT2D eigenvalue weighted by atomic mass is 16.5. The van der Waals surface area contributed by atoms with Crippen LogP contribution in [-0.2, 0) is 16.1 Å². The maximum absolute atomic E-state index is 12.2. The molecule has 0 spiro atoms. The van der Waals surface area contributed by atoms with Crippen LogP contribution in [0.1, 0.15) is 12.2 Å². The highest BCUT2D eigenvalue weighted by Gasteiger charge is 2.34. The zero-order chi connectivity index (χ0) is 16.8. The number of likely N-dealkylation sites (tertiary alicyclic amines) is 1. The molecule has 1 aliphatic rings. The quantitative estimate of drug-likeness (QED) is 0.787. The monoisotopic (exact) mass is 328 g/mol. The molecule has 1 unspecified atom stereocenters. The Hall–Kier alpha value is -2.76. The van der Waals surface area contributed by atoms with Crippen LogP contribution in [0.25, 0.3) is 0 Å². The van der Waals surface area contributed by atoms with Gasteiger partial charge in [0.2, 0.25) is 11.8 Å². The number of nitrogens with one attached hydrogen (secondary N) is 1. The van der Waals surface area contributed by atoms with Crippen molar-refractivity contribution in [3.8, 4) is 5.75 Å². The molecule has 1 fully saturated rings. The first-order valence-corrected chi connectivity index (χ1v) is 7.98. The Balaban J connectivity index is 1.40. The standard InChI is InChI=1S/C18H20N2O4/c21-17-11-14(12-20(17)13-16-7-4-9-23-16)18(22)19-8-10-24-15-5-2-1-3-6-15/h1-7,9,14H,8,10-13H2,(H,19,22). The average molecular weight is 328 g/mol. The van der Waals surface area contributed by atoms with Crippen LogP contribution in [0.15, 0.2) is 53.1 Å². The van der Waals surface area contributed by atoms with Gasteiger partial charge in [-0.2, -0.15) is 0 Å². The van der Waals surface area contributed by atoms with Crippen LogP contribution >= 0.6 is 0 Å². The summed E-state index contributed by atoms with van der Waals surface area (Å²) >= 11 is 0. The molecule has 6 nitrogen and oxygen atoms in total. The van der Waals surface area contributed by atoms with E-state index in [0.29, 0.717) is 26.2 Å². The van der Waals surface area contributed by atoms with Crippen molar-refractivity contribution in [1.29, 1.82) is 0 Å². The second-order valence-corrected chi connectivity index (χ2v) is 5.71. The van der Waals surface area contributed by atoms with Crippen LogP contribution in [0, 0.1) is 5.92 Å².